The SMILES string of the molecule is CCn1c(SC(C)C(=O)Nc2cccc(C)c2)nnc1-c1ccncc1. The Labute approximate surface area is 157 Å². The first kappa shape index (κ1) is 18.1. The second kappa shape index (κ2) is 8.14. The van der Waals surface area contributed by atoms with Gasteiger partial charge in [0.2, 0.25) is 5.91 Å². The molecule has 0 spiro atoms. The average Bonchev–Trinajstić information content (AvgIpc) is 3.05. The highest BCUT2D eigenvalue weighted by Gasteiger charge is 2.20. The van der Waals surface area contributed by atoms with Crippen LogP contribution in [0.25, 0.3) is 11.4 Å². The predicted octanol–water partition coefficient (Wildman–Crippen LogP) is 3.79. The molecule has 26 heavy (non-hydrogen) atoms. The number of nitrogens with one attached hydrogen (secondary N) is 1. The molecular weight excluding hydrogens is 346 g/mol. The maximum atomic E-state index is 12.5. The minimum absolute atomic E-state index is 0.0586. The summed E-state index contributed by atoms with van der Waals surface area (Å²) in [5.74, 6) is 0.723. The van der Waals surface area contributed by atoms with Crippen molar-refractivity contribution in [3.8, 4) is 11.4 Å². The number of amides is 1. The van der Waals surface area contributed by atoms with Crippen LogP contribution in [-0.4, -0.2) is 30.9 Å². The number of thioether (sulfide) groups is 1. The number of nitrogens with zero attached hydrogens (tertiary/aromatic N) is 4. The molecule has 0 saturated carbocycles. The van der Waals surface area contributed by atoms with Crippen LogP contribution in [0, 0.1) is 6.92 Å². The van der Waals surface area contributed by atoms with Gasteiger partial charge in [-0.25, -0.2) is 0 Å². The molecule has 1 aromatic carbocycles. The van der Waals surface area contributed by atoms with E-state index in [1.165, 1.54) is 11.8 Å². The molecule has 0 aliphatic carbocycles. The third kappa shape index (κ3) is 4.11. The van der Waals surface area contributed by atoms with Crippen LogP contribution in [0.4, 0.5) is 5.69 Å². The van der Waals surface area contributed by atoms with Gasteiger partial charge in [-0.05, 0) is 50.6 Å². The second-order valence-corrected chi connectivity index (χ2v) is 7.21. The van der Waals surface area contributed by atoms with Crippen LogP contribution < -0.4 is 5.32 Å². The summed E-state index contributed by atoms with van der Waals surface area (Å²) < 4.78 is 2.01. The van der Waals surface area contributed by atoms with Gasteiger partial charge in [0.05, 0.1) is 5.25 Å². The standard InChI is InChI=1S/C19H21N5OS/c1-4-24-17(15-8-10-20-11-9-15)22-23-19(24)26-14(3)18(25)21-16-7-5-6-13(2)12-16/h5-12,14H,4H2,1-3H3,(H,21,25). The van der Waals surface area contributed by atoms with Crippen LogP contribution in [0.2, 0.25) is 0 Å². The maximum absolute atomic E-state index is 12.5. The van der Waals surface area contributed by atoms with Crippen LogP contribution in [0.1, 0.15) is 19.4 Å². The van der Waals surface area contributed by atoms with Crippen molar-refractivity contribution in [1.82, 2.24) is 19.7 Å². The summed E-state index contributed by atoms with van der Waals surface area (Å²) >= 11 is 1.40. The van der Waals surface area contributed by atoms with E-state index in [1.54, 1.807) is 12.4 Å². The highest BCUT2D eigenvalue weighted by molar-refractivity contribution is 8.00. The van der Waals surface area contributed by atoms with E-state index in [2.05, 4.69) is 20.5 Å². The molecule has 2 aromatic heterocycles. The van der Waals surface area contributed by atoms with Crippen LogP contribution in [0.15, 0.2) is 53.9 Å². The third-order valence-electron chi connectivity index (χ3n) is 3.91. The molecule has 1 N–H and O–H groups in total. The van der Waals surface area contributed by atoms with Crippen LogP contribution in [-0.2, 0) is 11.3 Å². The van der Waals surface area contributed by atoms with Gasteiger partial charge in [0.1, 0.15) is 0 Å². The van der Waals surface area contributed by atoms with Gasteiger partial charge in [0.15, 0.2) is 11.0 Å². The van der Waals surface area contributed by atoms with Crippen molar-refractivity contribution in [3.63, 3.8) is 0 Å². The van der Waals surface area contributed by atoms with Crippen molar-refractivity contribution < 1.29 is 4.79 Å². The molecule has 0 radical (unpaired) electrons. The highest BCUT2D eigenvalue weighted by atomic mass is 32.2. The maximum Gasteiger partial charge on any atom is 0.237 e. The summed E-state index contributed by atoms with van der Waals surface area (Å²) in [6.45, 7) is 6.63. The van der Waals surface area contributed by atoms with Gasteiger partial charge < -0.3 is 9.88 Å². The predicted molar refractivity (Wildman–Crippen MR) is 104 cm³/mol. The number of hydrogen-bond acceptors (Lipinski definition) is 5. The Morgan fingerprint density at radius 2 is 2.00 bits per heavy atom. The Morgan fingerprint density at radius 3 is 2.69 bits per heavy atom. The fraction of sp³-hybridized carbons (Fsp3) is 0.263. The topological polar surface area (TPSA) is 72.7 Å². The lowest BCUT2D eigenvalue weighted by Crippen LogP contribution is -2.23. The zero-order valence-corrected chi connectivity index (χ0v) is 15.8. The Hall–Kier alpha value is -2.67. The molecule has 3 rings (SSSR count). The first-order valence-corrected chi connectivity index (χ1v) is 9.34. The van der Waals surface area contributed by atoms with Gasteiger partial charge in [0, 0.05) is 30.2 Å². The van der Waals surface area contributed by atoms with Gasteiger partial charge >= 0.3 is 0 Å². The summed E-state index contributed by atoms with van der Waals surface area (Å²) in [5, 5.41) is 12.0. The zero-order valence-electron chi connectivity index (χ0n) is 15.0. The minimum atomic E-state index is -0.296. The highest BCUT2D eigenvalue weighted by Crippen LogP contribution is 2.27. The third-order valence-corrected chi connectivity index (χ3v) is 4.99. The van der Waals surface area contributed by atoms with E-state index in [1.807, 2.05) is 61.7 Å². The van der Waals surface area contributed by atoms with Crippen molar-refractivity contribution in [2.75, 3.05) is 5.32 Å². The molecule has 1 unspecified atom stereocenters. The number of benzene rings is 1. The van der Waals surface area contributed by atoms with Crippen LogP contribution >= 0.6 is 11.8 Å². The van der Waals surface area contributed by atoms with Gasteiger partial charge in [-0.2, -0.15) is 0 Å². The number of rotatable bonds is 6. The summed E-state index contributed by atoms with van der Waals surface area (Å²) in [4.78, 5) is 16.5. The van der Waals surface area contributed by atoms with Crippen molar-refractivity contribution >= 4 is 23.4 Å². The average molecular weight is 367 g/mol. The molecule has 1 amide bonds. The van der Waals surface area contributed by atoms with Crippen molar-refractivity contribution in [3.05, 3.63) is 54.4 Å². The van der Waals surface area contributed by atoms with E-state index >= 15 is 0 Å². The van der Waals surface area contributed by atoms with Gasteiger partial charge in [0.25, 0.3) is 0 Å². The Morgan fingerprint density at radius 1 is 1.23 bits per heavy atom. The first-order chi connectivity index (χ1) is 12.6. The van der Waals surface area contributed by atoms with E-state index < -0.39 is 0 Å². The number of anilines is 1. The number of carbonyl (C=O) groups excluding carboxylic acids is 1. The lowest BCUT2D eigenvalue weighted by molar-refractivity contribution is -0.115. The fourth-order valence-electron chi connectivity index (χ4n) is 2.55. The van der Waals surface area contributed by atoms with E-state index in [0.29, 0.717) is 0 Å². The van der Waals surface area contributed by atoms with Crippen molar-refractivity contribution in [1.29, 1.82) is 0 Å². The zero-order chi connectivity index (χ0) is 18.5. The number of aromatic nitrogens is 4. The normalized spacial score (nSPS) is 12.0. The summed E-state index contributed by atoms with van der Waals surface area (Å²) in [5.41, 5.74) is 2.87. The monoisotopic (exact) mass is 367 g/mol. The summed E-state index contributed by atoms with van der Waals surface area (Å²) in [7, 11) is 0. The minimum Gasteiger partial charge on any atom is -0.325 e. The summed E-state index contributed by atoms with van der Waals surface area (Å²) in [6, 6.07) is 11.6. The van der Waals surface area contributed by atoms with E-state index in [4.69, 9.17) is 0 Å². The van der Waals surface area contributed by atoms with Crippen LogP contribution in [0.3, 0.4) is 0 Å². The molecule has 134 valence electrons. The van der Waals surface area contributed by atoms with E-state index in [-0.39, 0.29) is 11.2 Å². The molecule has 0 fully saturated rings. The molecule has 2 heterocycles. The lowest BCUT2D eigenvalue weighted by Gasteiger charge is -2.13. The molecule has 0 aliphatic heterocycles. The molecule has 0 aliphatic rings. The van der Waals surface area contributed by atoms with Gasteiger partial charge in [-0.15, -0.1) is 10.2 Å². The van der Waals surface area contributed by atoms with Gasteiger partial charge in [-0.1, -0.05) is 23.9 Å². The van der Waals surface area contributed by atoms with Crippen molar-refractivity contribution in [2.24, 2.45) is 0 Å². The quantitative estimate of drug-likeness (QED) is 0.671. The fourth-order valence-corrected chi connectivity index (χ4v) is 3.47. The molecule has 3 aromatic rings. The number of carbonyl (C=O) groups is 1. The number of aryl methyl sites for hydroxylation is 1. The first-order valence-electron chi connectivity index (χ1n) is 8.46. The van der Waals surface area contributed by atoms with Crippen molar-refractivity contribution in [2.45, 2.75) is 37.7 Å². The summed E-state index contributed by atoms with van der Waals surface area (Å²) in [6.07, 6.45) is 3.46. The lowest BCUT2D eigenvalue weighted by atomic mass is 10.2. The number of pyridine rings is 1. The van der Waals surface area contributed by atoms with E-state index in [0.717, 1.165) is 34.3 Å². The molecule has 0 bridgehead atoms. The Kier molecular flexibility index (Phi) is 5.68. The van der Waals surface area contributed by atoms with E-state index in [9.17, 15) is 4.79 Å². The molecule has 6 nitrogen and oxygen atoms in total. The molecule has 0 saturated heterocycles. The smallest absolute Gasteiger partial charge is 0.237 e. The largest absolute Gasteiger partial charge is 0.325 e. The molecule has 1 atom stereocenters. The molecule has 7 heteroatoms. The van der Waals surface area contributed by atoms with Gasteiger partial charge in [-0.3, -0.25) is 9.78 Å². The second-order valence-electron chi connectivity index (χ2n) is 5.91. The number of hydrogen-bond donors (Lipinski definition) is 1. The Bertz CT molecular complexity index is 894. The Balaban J connectivity index is 1.74. The van der Waals surface area contributed by atoms with Crippen LogP contribution in [0.5, 0.6) is 0 Å². The molecular formula is C19H21N5OS.